The largest absolute Gasteiger partial charge is 0.406 e. The molecule has 0 aromatic carbocycles. The van der Waals surface area contributed by atoms with Gasteiger partial charge in [-0.1, -0.05) is 6.92 Å². The highest BCUT2D eigenvalue weighted by molar-refractivity contribution is 6.36. The molecule has 0 fully saturated rings. The highest BCUT2D eigenvalue weighted by Crippen LogP contribution is 2.18. The summed E-state index contributed by atoms with van der Waals surface area (Å²) >= 11 is 0. The van der Waals surface area contributed by atoms with Crippen LogP contribution in [0.5, 0.6) is 0 Å². The van der Waals surface area contributed by atoms with Gasteiger partial charge in [0, 0.05) is 12.5 Å². The smallest absolute Gasteiger partial charge is 0.325 e. The maximum absolute atomic E-state index is 12.1. The van der Waals surface area contributed by atoms with Crippen LogP contribution in [0.1, 0.15) is 27.2 Å². The zero-order valence-corrected chi connectivity index (χ0v) is 8.89. The first-order valence-corrected chi connectivity index (χ1v) is 4.59. The Morgan fingerprint density at radius 2 is 1.73 bits per heavy atom. The third-order valence-corrected chi connectivity index (χ3v) is 1.79. The van der Waals surface area contributed by atoms with Crippen LogP contribution in [0, 0.1) is 0 Å². The number of ketones is 1. The average molecular weight is 225 g/mol. The van der Waals surface area contributed by atoms with Crippen molar-refractivity contribution in [1.82, 2.24) is 4.90 Å². The number of halogens is 3. The Morgan fingerprint density at radius 1 is 1.27 bits per heavy atom. The van der Waals surface area contributed by atoms with Gasteiger partial charge in [-0.25, -0.2) is 0 Å². The van der Waals surface area contributed by atoms with Crippen molar-refractivity contribution in [3.05, 3.63) is 0 Å². The molecule has 0 bridgehead atoms. The minimum atomic E-state index is -4.48. The number of Topliss-reactive ketones (excluding diaryl/α,β-unsaturated/α-hetero) is 1. The zero-order valence-electron chi connectivity index (χ0n) is 8.89. The molecule has 0 heterocycles. The summed E-state index contributed by atoms with van der Waals surface area (Å²) in [7, 11) is 0. The highest BCUT2D eigenvalue weighted by Gasteiger charge is 2.35. The van der Waals surface area contributed by atoms with Crippen molar-refractivity contribution in [3.8, 4) is 0 Å². The molecule has 0 spiro atoms. The van der Waals surface area contributed by atoms with Gasteiger partial charge in [0.25, 0.3) is 5.91 Å². The van der Waals surface area contributed by atoms with E-state index in [4.69, 9.17) is 0 Å². The molecular formula is C9H14F3NO2. The molecule has 0 aromatic heterocycles. The molecule has 0 rings (SSSR count). The molecule has 0 saturated carbocycles. The molecule has 6 heteroatoms. The lowest BCUT2D eigenvalue weighted by Gasteiger charge is -2.26. The van der Waals surface area contributed by atoms with Gasteiger partial charge in [-0.3, -0.25) is 9.59 Å². The van der Waals surface area contributed by atoms with E-state index < -0.39 is 30.5 Å². The van der Waals surface area contributed by atoms with Gasteiger partial charge >= 0.3 is 6.18 Å². The maximum atomic E-state index is 12.1. The first kappa shape index (κ1) is 13.9. The van der Waals surface area contributed by atoms with E-state index in [1.54, 1.807) is 0 Å². The Morgan fingerprint density at radius 3 is 2.00 bits per heavy atom. The highest BCUT2D eigenvalue weighted by atomic mass is 19.4. The predicted octanol–water partition coefficient (Wildman–Crippen LogP) is 1.76. The van der Waals surface area contributed by atoms with Gasteiger partial charge in [-0.05, 0) is 13.8 Å². The van der Waals surface area contributed by atoms with Crippen LogP contribution in [0.4, 0.5) is 13.2 Å². The molecule has 0 atom stereocenters. The Kier molecular flexibility index (Phi) is 4.77. The number of rotatable bonds is 4. The van der Waals surface area contributed by atoms with Crippen LogP contribution in [0.3, 0.4) is 0 Å². The second-order valence-electron chi connectivity index (χ2n) is 3.42. The molecule has 0 aliphatic rings. The Balaban J connectivity index is 4.68. The lowest BCUT2D eigenvalue weighted by Crippen LogP contribution is -2.46. The van der Waals surface area contributed by atoms with E-state index in [-0.39, 0.29) is 6.42 Å². The summed E-state index contributed by atoms with van der Waals surface area (Å²) in [5, 5.41) is 0. The van der Waals surface area contributed by atoms with Gasteiger partial charge in [0.05, 0.1) is 0 Å². The standard InChI is InChI=1S/C9H14F3NO2/c1-4-7(14)8(15)13(6(2)3)5-9(10,11)12/h6H,4-5H2,1-3H3. The van der Waals surface area contributed by atoms with Crippen LogP contribution >= 0.6 is 0 Å². The number of carbonyl (C=O) groups is 2. The van der Waals surface area contributed by atoms with Crippen LogP contribution in [-0.4, -0.2) is 35.4 Å². The summed E-state index contributed by atoms with van der Waals surface area (Å²) in [6.45, 7) is 2.93. The molecule has 1 amide bonds. The number of carbonyl (C=O) groups excluding carboxylic acids is 2. The van der Waals surface area contributed by atoms with Gasteiger partial charge in [0.2, 0.25) is 5.78 Å². The second-order valence-corrected chi connectivity index (χ2v) is 3.42. The fourth-order valence-corrected chi connectivity index (χ4v) is 0.993. The number of hydrogen-bond acceptors (Lipinski definition) is 2. The predicted molar refractivity (Wildman–Crippen MR) is 48.2 cm³/mol. The van der Waals surface area contributed by atoms with Crippen LogP contribution in [0.25, 0.3) is 0 Å². The van der Waals surface area contributed by atoms with E-state index in [0.717, 1.165) is 0 Å². The van der Waals surface area contributed by atoms with Gasteiger partial charge in [0.1, 0.15) is 6.54 Å². The normalized spacial score (nSPS) is 11.7. The van der Waals surface area contributed by atoms with Crippen molar-refractivity contribution in [2.45, 2.75) is 39.4 Å². The van der Waals surface area contributed by atoms with E-state index in [2.05, 4.69) is 0 Å². The van der Waals surface area contributed by atoms with E-state index in [0.29, 0.717) is 4.90 Å². The summed E-state index contributed by atoms with van der Waals surface area (Å²) < 4.78 is 36.3. The Hall–Kier alpha value is -1.07. The first-order valence-electron chi connectivity index (χ1n) is 4.59. The van der Waals surface area contributed by atoms with Gasteiger partial charge in [-0.15, -0.1) is 0 Å². The fourth-order valence-electron chi connectivity index (χ4n) is 0.993. The summed E-state index contributed by atoms with van der Waals surface area (Å²) in [6.07, 6.45) is -4.56. The van der Waals surface area contributed by atoms with Crippen molar-refractivity contribution in [1.29, 1.82) is 0 Å². The van der Waals surface area contributed by atoms with E-state index in [1.807, 2.05) is 0 Å². The van der Waals surface area contributed by atoms with E-state index >= 15 is 0 Å². The lowest BCUT2D eigenvalue weighted by molar-refractivity contribution is -0.167. The van der Waals surface area contributed by atoms with Crippen LogP contribution < -0.4 is 0 Å². The van der Waals surface area contributed by atoms with Crippen molar-refractivity contribution >= 4 is 11.7 Å². The summed E-state index contributed by atoms with van der Waals surface area (Å²) in [5.41, 5.74) is 0. The molecule has 0 unspecified atom stereocenters. The second kappa shape index (κ2) is 5.14. The molecule has 88 valence electrons. The Labute approximate surface area is 86.2 Å². The monoisotopic (exact) mass is 225 g/mol. The molecule has 0 N–H and O–H groups in total. The average Bonchev–Trinajstić information content (AvgIpc) is 2.10. The van der Waals surface area contributed by atoms with Crippen molar-refractivity contribution in [2.75, 3.05) is 6.54 Å². The zero-order chi connectivity index (χ0) is 12.2. The van der Waals surface area contributed by atoms with Crippen molar-refractivity contribution in [2.24, 2.45) is 0 Å². The van der Waals surface area contributed by atoms with Gasteiger partial charge < -0.3 is 4.90 Å². The summed E-state index contributed by atoms with van der Waals surface area (Å²) in [5.74, 6) is -1.86. The molecule has 0 aliphatic heterocycles. The van der Waals surface area contributed by atoms with E-state index in [9.17, 15) is 22.8 Å². The van der Waals surface area contributed by atoms with E-state index in [1.165, 1.54) is 20.8 Å². The SMILES string of the molecule is CCC(=O)C(=O)N(CC(F)(F)F)C(C)C. The molecule has 0 aliphatic carbocycles. The van der Waals surface area contributed by atoms with Gasteiger partial charge in [0.15, 0.2) is 0 Å². The third-order valence-electron chi connectivity index (χ3n) is 1.79. The molecule has 15 heavy (non-hydrogen) atoms. The Bertz CT molecular complexity index is 248. The number of nitrogens with zero attached hydrogens (tertiary/aromatic N) is 1. The molecule has 0 saturated heterocycles. The number of alkyl halides is 3. The van der Waals surface area contributed by atoms with Crippen LogP contribution in [0.15, 0.2) is 0 Å². The first-order chi connectivity index (χ1) is 6.69. The molecule has 0 radical (unpaired) electrons. The summed E-state index contributed by atoms with van der Waals surface area (Å²) in [6, 6.07) is -0.644. The lowest BCUT2D eigenvalue weighted by atomic mass is 10.2. The molecular weight excluding hydrogens is 211 g/mol. The number of amides is 1. The van der Waals surface area contributed by atoms with Crippen LogP contribution in [0.2, 0.25) is 0 Å². The van der Waals surface area contributed by atoms with Crippen molar-refractivity contribution in [3.63, 3.8) is 0 Å². The van der Waals surface area contributed by atoms with Gasteiger partial charge in [-0.2, -0.15) is 13.2 Å². The van der Waals surface area contributed by atoms with Crippen LogP contribution in [-0.2, 0) is 9.59 Å². The fraction of sp³-hybridized carbons (Fsp3) is 0.778. The molecule has 3 nitrogen and oxygen atoms in total. The molecule has 0 aromatic rings. The maximum Gasteiger partial charge on any atom is 0.406 e. The summed E-state index contributed by atoms with van der Waals surface area (Å²) in [4.78, 5) is 22.8. The minimum Gasteiger partial charge on any atom is -0.325 e. The topological polar surface area (TPSA) is 37.4 Å². The minimum absolute atomic E-state index is 0.0834. The van der Waals surface area contributed by atoms with Crippen molar-refractivity contribution < 1.29 is 22.8 Å². The third kappa shape index (κ3) is 4.80. The number of hydrogen-bond donors (Lipinski definition) is 0. The quantitative estimate of drug-likeness (QED) is 0.684.